The van der Waals surface area contributed by atoms with Gasteiger partial charge < -0.3 is 14.6 Å². The molecule has 0 saturated carbocycles. The molecule has 0 aliphatic carbocycles. The predicted molar refractivity (Wildman–Crippen MR) is 134 cm³/mol. The van der Waals surface area contributed by atoms with Crippen molar-refractivity contribution in [3.63, 3.8) is 0 Å². The average molecular weight is 521 g/mol. The van der Waals surface area contributed by atoms with Crippen LogP contribution in [0.5, 0.6) is 0 Å². The number of rotatable bonds is 17. The fourth-order valence-electron chi connectivity index (χ4n) is 2.82. The molecule has 0 heterocycles. The summed E-state index contributed by atoms with van der Waals surface area (Å²) < 4.78 is 42.8. The van der Waals surface area contributed by atoms with E-state index in [1.807, 2.05) is 13.8 Å². The third-order valence-corrected chi connectivity index (χ3v) is 6.38. The molecule has 0 aromatic carbocycles. The van der Waals surface area contributed by atoms with E-state index in [1.54, 1.807) is 6.92 Å². The second kappa shape index (κ2) is 22.8. The van der Waals surface area contributed by atoms with Crippen LogP contribution in [0.1, 0.15) is 98.8 Å². The van der Waals surface area contributed by atoms with Crippen LogP contribution in [0.25, 0.3) is 0 Å². The molecule has 34 heavy (non-hydrogen) atoms. The van der Waals surface area contributed by atoms with Crippen LogP contribution in [-0.4, -0.2) is 84.0 Å². The SMILES string of the molecule is CCC(=O)O.CCCCC(CC)COC(=O)CC(C(=O)OCC(CC)CCCC)S(=O)(=O)O.[NaH]. The van der Waals surface area contributed by atoms with E-state index in [-0.39, 0.29) is 61.0 Å². The molecule has 11 heteroatoms. The number of esters is 2. The van der Waals surface area contributed by atoms with E-state index >= 15 is 0 Å². The summed E-state index contributed by atoms with van der Waals surface area (Å²) in [5.74, 6) is -2.35. The van der Waals surface area contributed by atoms with E-state index in [4.69, 9.17) is 14.6 Å². The second-order valence-corrected chi connectivity index (χ2v) is 9.70. The minimum atomic E-state index is -4.76. The molecule has 0 fully saturated rings. The number of carboxylic acids is 1. The Hall–Kier alpha value is -0.680. The molecule has 0 aromatic heterocycles. The minimum absolute atomic E-state index is 0. The first-order chi connectivity index (χ1) is 15.5. The van der Waals surface area contributed by atoms with Gasteiger partial charge in [0.15, 0.2) is 5.25 Å². The molecule has 3 unspecified atom stereocenters. The normalized spacial score (nSPS) is 13.4. The Morgan fingerprint density at radius 2 is 1.24 bits per heavy atom. The number of hydrogen-bond acceptors (Lipinski definition) is 7. The second-order valence-electron chi connectivity index (χ2n) is 8.10. The van der Waals surface area contributed by atoms with Crippen molar-refractivity contribution in [2.75, 3.05) is 13.2 Å². The van der Waals surface area contributed by atoms with Gasteiger partial charge in [0, 0.05) is 6.42 Å². The van der Waals surface area contributed by atoms with Crippen LogP contribution in [0.15, 0.2) is 0 Å². The molecule has 0 amide bonds. The monoisotopic (exact) mass is 520 g/mol. The summed E-state index contributed by atoms with van der Waals surface area (Å²) in [6.07, 6.45) is 6.96. The van der Waals surface area contributed by atoms with Crippen molar-refractivity contribution in [1.82, 2.24) is 0 Å². The Balaban J connectivity index is -0.00000144. The van der Waals surface area contributed by atoms with Crippen LogP contribution in [-0.2, 0) is 34.0 Å². The van der Waals surface area contributed by atoms with Crippen LogP contribution in [0.2, 0.25) is 0 Å². The first kappa shape index (κ1) is 37.9. The summed E-state index contributed by atoms with van der Waals surface area (Å²) in [4.78, 5) is 33.6. The molecule has 0 bridgehead atoms. The zero-order valence-corrected chi connectivity index (χ0v) is 21.7. The number of aliphatic carboxylic acids is 1. The van der Waals surface area contributed by atoms with Crippen molar-refractivity contribution in [2.24, 2.45) is 11.8 Å². The molecule has 0 rings (SSSR count). The van der Waals surface area contributed by atoms with Crippen molar-refractivity contribution in [3.8, 4) is 0 Å². The van der Waals surface area contributed by atoms with E-state index in [2.05, 4.69) is 13.8 Å². The van der Waals surface area contributed by atoms with Crippen LogP contribution in [0.3, 0.4) is 0 Å². The van der Waals surface area contributed by atoms with Gasteiger partial charge in [0.25, 0.3) is 10.1 Å². The average Bonchev–Trinajstić information content (AvgIpc) is 2.77. The molecule has 0 aromatic rings. The summed E-state index contributed by atoms with van der Waals surface area (Å²) >= 11 is 0. The summed E-state index contributed by atoms with van der Waals surface area (Å²) in [6.45, 7) is 9.95. The number of carboxylic acid groups (broad SMARTS) is 1. The van der Waals surface area contributed by atoms with Gasteiger partial charge in [0.2, 0.25) is 0 Å². The Labute approximate surface area is 227 Å². The van der Waals surface area contributed by atoms with Gasteiger partial charge >= 0.3 is 47.5 Å². The van der Waals surface area contributed by atoms with Crippen molar-refractivity contribution in [2.45, 2.75) is 104 Å². The van der Waals surface area contributed by atoms with E-state index in [9.17, 15) is 27.4 Å². The van der Waals surface area contributed by atoms with Gasteiger partial charge in [-0.3, -0.25) is 18.9 Å². The molecule has 9 nitrogen and oxygen atoms in total. The van der Waals surface area contributed by atoms with Crippen molar-refractivity contribution in [3.05, 3.63) is 0 Å². The first-order valence-corrected chi connectivity index (χ1v) is 13.5. The number of carbonyl (C=O) groups excluding carboxylic acids is 2. The molecule has 3 atom stereocenters. The summed E-state index contributed by atoms with van der Waals surface area (Å²) in [7, 11) is -4.76. The molecular formula is C23H45NaO9S. The zero-order valence-electron chi connectivity index (χ0n) is 20.9. The molecular weight excluding hydrogens is 475 g/mol. The fourth-order valence-corrected chi connectivity index (χ4v) is 3.48. The number of unbranched alkanes of at least 4 members (excludes halogenated alkanes) is 2. The quantitative estimate of drug-likeness (QED) is 0.165. The van der Waals surface area contributed by atoms with E-state index < -0.39 is 39.7 Å². The van der Waals surface area contributed by atoms with Crippen LogP contribution in [0.4, 0.5) is 0 Å². The van der Waals surface area contributed by atoms with Gasteiger partial charge in [0.1, 0.15) is 0 Å². The number of hydrogen-bond donors (Lipinski definition) is 2. The van der Waals surface area contributed by atoms with Crippen molar-refractivity contribution < 1.29 is 41.9 Å². The van der Waals surface area contributed by atoms with Crippen molar-refractivity contribution in [1.29, 1.82) is 0 Å². The molecule has 0 aliphatic heterocycles. The Bertz CT molecular complexity index is 653. The van der Waals surface area contributed by atoms with Gasteiger partial charge in [-0.05, 0) is 24.7 Å². The van der Waals surface area contributed by atoms with E-state index in [1.165, 1.54) is 0 Å². The maximum atomic E-state index is 12.2. The molecule has 198 valence electrons. The van der Waals surface area contributed by atoms with E-state index in [0.29, 0.717) is 0 Å². The number of ether oxygens (including phenoxy) is 2. The van der Waals surface area contributed by atoms with Gasteiger partial charge in [0.05, 0.1) is 19.6 Å². The third kappa shape index (κ3) is 20.7. The number of carbonyl (C=O) groups is 3. The van der Waals surface area contributed by atoms with E-state index in [0.717, 1.165) is 51.4 Å². The van der Waals surface area contributed by atoms with Gasteiger partial charge in [-0.2, -0.15) is 8.42 Å². The van der Waals surface area contributed by atoms with Gasteiger partial charge in [-0.25, -0.2) is 0 Å². The summed E-state index contributed by atoms with van der Waals surface area (Å²) in [6, 6.07) is 0. The third-order valence-electron chi connectivity index (χ3n) is 5.30. The van der Waals surface area contributed by atoms with Crippen molar-refractivity contribution >= 4 is 57.6 Å². The van der Waals surface area contributed by atoms with Crippen LogP contribution >= 0.6 is 0 Å². The Kier molecular flexibility index (Phi) is 25.3. The molecule has 0 radical (unpaired) electrons. The molecule has 2 N–H and O–H groups in total. The van der Waals surface area contributed by atoms with Gasteiger partial charge in [-0.15, -0.1) is 0 Å². The maximum absolute atomic E-state index is 12.2. The van der Waals surface area contributed by atoms with Crippen LogP contribution < -0.4 is 0 Å². The van der Waals surface area contributed by atoms with Gasteiger partial charge in [-0.1, -0.05) is 73.1 Å². The topological polar surface area (TPSA) is 144 Å². The molecule has 0 aliphatic rings. The zero-order chi connectivity index (χ0) is 25.9. The Morgan fingerprint density at radius 3 is 1.56 bits per heavy atom. The predicted octanol–water partition coefficient (Wildman–Crippen LogP) is 3.98. The first-order valence-electron chi connectivity index (χ1n) is 12.0. The molecule has 0 spiro atoms. The Morgan fingerprint density at radius 1 is 0.824 bits per heavy atom. The standard InChI is InChI=1S/C20H38O7S.C3H6O2.Na.H/c1-5-9-11-16(7-3)14-26-19(21)13-18(28(23,24)25)20(22)27-15-17(8-4)12-10-6-2;1-2-3(4)5;;/h16-18H,5-15H2,1-4H3,(H,23,24,25);2H2,1H3,(H,4,5);;. The summed E-state index contributed by atoms with van der Waals surface area (Å²) in [5, 5.41) is 5.78. The van der Waals surface area contributed by atoms with Crippen LogP contribution in [0, 0.1) is 11.8 Å². The fraction of sp³-hybridized carbons (Fsp3) is 0.870. The molecule has 0 saturated heterocycles. The summed E-state index contributed by atoms with van der Waals surface area (Å²) in [5.41, 5.74) is 0.